The first kappa shape index (κ1) is 18.9. The van der Waals surface area contributed by atoms with Gasteiger partial charge in [0.15, 0.2) is 6.04 Å². The highest BCUT2D eigenvalue weighted by Gasteiger charge is 2.24. The molecule has 1 aromatic rings. The number of hydrogen-bond donors (Lipinski definition) is 2. The normalized spacial score (nSPS) is 12.0. The second kappa shape index (κ2) is 9.08. The predicted octanol–water partition coefficient (Wildman–Crippen LogP) is 1.67. The Kier molecular flexibility index (Phi) is 7.14. The number of nitro benzene ring substituents is 1. The molecule has 0 fully saturated rings. The van der Waals surface area contributed by atoms with Crippen molar-refractivity contribution in [2.75, 3.05) is 19.0 Å². The summed E-state index contributed by atoms with van der Waals surface area (Å²) in [4.78, 5) is 33.4. The van der Waals surface area contributed by atoms with Crippen LogP contribution in [0, 0.1) is 10.1 Å². The maximum Gasteiger partial charge on any atom is 0.427 e. The zero-order chi connectivity index (χ0) is 18.1. The molecule has 1 rings (SSSR count). The lowest BCUT2D eigenvalue weighted by Gasteiger charge is -2.18. The number of anilines is 1. The standard InChI is InChI=1S/C14H18N4O6/c1-4-24-13(19)12(9(2)16-17-14(20)23-3)15-10-6-5-7-11(8-10)18(21)22/h5-8,12,15H,4H2,1-3H3,(H,17,20). The van der Waals surface area contributed by atoms with E-state index >= 15 is 0 Å². The Labute approximate surface area is 138 Å². The molecule has 1 amide bonds. The summed E-state index contributed by atoms with van der Waals surface area (Å²) in [6.45, 7) is 3.27. The number of esters is 1. The van der Waals surface area contributed by atoms with Gasteiger partial charge in [-0.1, -0.05) is 6.07 Å². The maximum absolute atomic E-state index is 12.1. The molecule has 1 atom stereocenters. The highest BCUT2D eigenvalue weighted by Crippen LogP contribution is 2.18. The van der Waals surface area contributed by atoms with Gasteiger partial charge in [-0.25, -0.2) is 15.0 Å². The number of hydrazone groups is 1. The van der Waals surface area contributed by atoms with E-state index in [4.69, 9.17) is 4.74 Å². The summed E-state index contributed by atoms with van der Waals surface area (Å²) >= 11 is 0. The Morgan fingerprint density at radius 3 is 2.71 bits per heavy atom. The predicted molar refractivity (Wildman–Crippen MR) is 85.8 cm³/mol. The molecule has 24 heavy (non-hydrogen) atoms. The first-order chi connectivity index (χ1) is 11.4. The number of rotatable bonds is 7. The number of benzene rings is 1. The summed E-state index contributed by atoms with van der Waals surface area (Å²) < 4.78 is 9.33. The van der Waals surface area contributed by atoms with Crippen molar-refractivity contribution < 1.29 is 24.0 Å². The van der Waals surface area contributed by atoms with Crippen molar-refractivity contribution in [3.63, 3.8) is 0 Å². The lowest BCUT2D eigenvalue weighted by molar-refractivity contribution is -0.384. The molecule has 0 bridgehead atoms. The molecule has 10 heteroatoms. The number of methoxy groups -OCH3 is 1. The van der Waals surface area contributed by atoms with Gasteiger partial charge >= 0.3 is 12.1 Å². The molecule has 2 N–H and O–H groups in total. The first-order valence-corrected chi connectivity index (χ1v) is 6.94. The fraction of sp³-hybridized carbons (Fsp3) is 0.357. The number of amides is 1. The quantitative estimate of drug-likeness (QED) is 0.334. The van der Waals surface area contributed by atoms with Crippen LogP contribution in [0.15, 0.2) is 29.4 Å². The van der Waals surface area contributed by atoms with Crippen molar-refractivity contribution in [1.82, 2.24) is 5.43 Å². The zero-order valence-corrected chi connectivity index (χ0v) is 13.4. The fourth-order valence-corrected chi connectivity index (χ4v) is 1.68. The molecule has 1 aromatic carbocycles. The van der Waals surface area contributed by atoms with Crippen LogP contribution >= 0.6 is 0 Å². The van der Waals surface area contributed by atoms with Gasteiger partial charge in [-0.3, -0.25) is 10.1 Å². The molecule has 0 spiro atoms. The average molecular weight is 338 g/mol. The molecule has 0 radical (unpaired) electrons. The lowest BCUT2D eigenvalue weighted by Crippen LogP contribution is -2.39. The van der Waals surface area contributed by atoms with E-state index in [1.165, 1.54) is 32.2 Å². The van der Waals surface area contributed by atoms with Gasteiger partial charge in [-0.05, 0) is 19.9 Å². The number of non-ortho nitro benzene ring substituents is 1. The lowest BCUT2D eigenvalue weighted by atomic mass is 10.1. The molecule has 0 aliphatic carbocycles. The summed E-state index contributed by atoms with van der Waals surface area (Å²) in [6, 6.07) is 4.59. The number of carbonyl (C=O) groups is 2. The van der Waals surface area contributed by atoms with E-state index in [1.807, 2.05) is 0 Å². The summed E-state index contributed by atoms with van der Waals surface area (Å²) in [5, 5.41) is 17.4. The molecular weight excluding hydrogens is 320 g/mol. The minimum Gasteiger partial charge on any atom is -0.464 e. The Hall–Kier alpha value is -3.17. The molecule has 0 aromatic heterocycles. The second-order valence-corrected chi connectivity index (χ2v) is 4.49. The Bertz CT molecular complexity index is 646. The van der Waals surface area contributed by atoms with Crippen LogP contribution in [0.2, 0.25) is 0 Å². The van der Waals surface area contributed by atoms with Crippen LogP contribution in [0.25, 0.3) is 0 Å². The van der Waals surface area contributed by atoms with Gasteiger partial charge in [0, 0.05) is 17.8 Å². The van der Waals surface area contributed by atoms with Crippen molar-refractivity contribution in [2.24, 2.45) is 5.10 Å². The molecule has 0 heterocycles. The number of nitrogens with zero attached hydrogens (tertiary/aromatic N) is 2. The van der Waals surface area contributed by atoms with Gasteiger partial charge in [-0.15, -0.1) is 0 Å². The Morgan fingerprint density at radius 1 is 1.42 bits per heavy atom. The Balaban J connectivity index is 3.01. The number of nitrogens with one attached hydrogen (secondary N) is 2. The monoisotopic (exact) mass is 338 g/mol. The number of carbonyl (C=O) groups excluding carboxylic acids is 2. The van der Waals surface area contributed by atoms with E-state index in [1.54, 1.807) is 13.0 Å². The third-order valence-corrected chi connectivity index (χ3v) is 2.82. The van der Waals surface area contributed by atoms with Crippen LogP contribution in [0.4, 0.5) is 16.2 Å². The number of nitro groups is 1. The second-order valence-electron chi connectivity index (χ2n) is 4.49. The van der Waals surface area contributed by atoms with Gasteiger partial charge in [-0.2, -0.15) is 5.10 Å². The molecule has 10 nitrogen and oxygen atoms in total. The summed E-state index contributed by atoms with van der Waals surface area (Å²) in [6.07, 6.45) is -0.799. The van der Waals surface area contributed by atoms with E-state index in [0.717, 1.165) is 0 Å². The Morgan fingerprint density at radius 2 is 2.12 bits per heavy atom. The van der Waals surface area contributed by atoms with Gasteiger partial charge in [0.25, 0.3) is 5.69 Å². The van der Waals surface area contributed by atoms with E-state index < -0.39 is 23.0 Å². The van der Waals surface area contributed by atoms with Crippen molar-refractivity contribution in [3.05, 3.63) is 34.4 Å². The van der Waals surface area contributed by atoms with Crippen molar-refractivity contribution in [1.29, 1.82) is 0 Å². The number of ether oxygens (including phenoxy) is 2. The van der Waals surface area contributed by atoms with Crippen LogP contribution in [0.5, 0.6) is 0 Å². The van der Waals surface area contributed by atoms with E-state index in [9.17, 15) is 19.7 Å². The third-order valence-electron chi connectivity index (χ3n) is 2.82. The van der Waals surface area contributed by atoms with Crippen LogP contribution < -0.4 is 10.7 Å². The van der Waals surface area contributed by atoms with Gasteiger partial charge < -0.3 is 14.8 Å². The molecule has 0 aliphatic rings. The summed E-state index contributed by atoms with van der Waals surface area (Å²) in [5.41, 5.74) is 2.48. The topological polar surface area (TPSA) is 132 Å². The van der Waals surface area contributed by atoms with Crippen molar-refractivity contribution >= 4 is 29.1 Å². The van der Waals surface area contributed by atoms with Crippen LogP contribution in [0.3, 0.4) is 0 Å². The van der Waals surface area contributed by atoms with Crippen LogP contribution in [0.1, 0.15) is 13.8 Å². The third kappa shape index (κ3) is 5.55. The molecule has 0 saturated heterocycles. The van der Waals surface area contributed by atoms with E-state index in [-0.39, 0.29) is 18.0 Å². The van der Waals surface area contributed by atoms with Crippen LogP contribution in [-0.2, 0) is 14.3 Å². The highest BCUT2D eigenvalue weighted by molar-refractivity contribution is 6.07. The van der Waals surface area contributed by atoms with Gasteiger partial charge in [0.1, 0.15) is 0 Å². The minimum atomic E-state index is -1.04. The summed E-state index contributed by atoms with van der Waals surface area (Å²) in [5.74, 6) is -0.642. The van der Waals surface area contributed by atoms with Crippen molar-refractivity contribution in [3.8, 4) is 0 Å². The summed E-state index contributed by atoms with van der Waals surface area (Å²) in [7, 11) is 1.17. The first-order valence-electron chi connectivity index (χ1n) is 6.94. The number of hydrogen-bond acceptors (Lipinski definition) is 8. The maximum atomic E-state index is 12.1. The molecule has 0 saturated carbocycles. The SMILES string of the molecule is CCOC(=O)C(Nc1cccc([N+](=O)[O-])c1)C(C)=NNC(=O)OC. The van der Waals surface area contributed by atoms with E-state index in [2.05, 4.69) is 20.6 Å². The fourth-order valence-electron chi connectivity index (χ4n) is 1.68. The van der Waals surface area contributed by atoms with Crippen molar-refractivity contribution in [2.45, 2.75) is 19.9 Å². The smallest absolute Gasteiger partial charge is 0.427 e. The molecule has 1 unspecified atom stereocenters. The largest absolute Gasteiger partial charge is 0.464 e. The highest BCUT2D eigenvalue weighted by atomic mass is 16.6. The average Bonchev–Trinajstić information content (AvgIpc) is 2.57. The van der Waals surface area contributed by atoms with Gasteiger partial charge in [0.2, 0.25) is 0 Å². The minimum absolute atomic E-state index is 0.134. The zero-order valence-electron chi connectivity index (χ0n) is 13.4. The molecule has 0 aliphatic heterocycles. The molecule has 130 valence electrons. The van der Waals surface area contributed by atoms with E-state index in [0.29, 0.717) is 5.69 Å². The van der Waals surface area contributed by atoms with Gasteiger partial charge in [0.05, 0.1) is 24.4 Å². The molecular formula is C14H18N4O6. The van der Waals surface area contributed by atoms with Crippen LogP contribution in [-0.4, -0.2) is 42.5 Å².